The molecule has 0 saturated heterocycles. The van der Waals surface area contributed by atoms with Gasteiger partial charge in [-0.25, -0.2) is 0 Å². The van der Waals surface area contributed by atoms with Crippen molar-refractivity contribution in [2.45, 2.75) is 31.5 Å². The SMILES string of the molecule is CCn1c(CCCOc2ccc(Cl)cc2Cl)nnc1SCC(=O)Nc1ccc(Br)cc1Cl. The van der Waals surface area contributed by atoms with Gasteiger partial charge in [0.05, 0.1) is 28.1 Å². The van der Waals surface area contributed by atoms with Gasteiger partial charge in [-0.2, -0.15) is 0 Å². The van der Waals surface area contributed by atoms with Crippen LogP contribution in [0.5, 0.6) is 5.75 Å². The molecule has 6 nitrogen and oxygen atoms in total. The third-order valence-electron chi connectivity index (χ3n) is 4.34. The molecule has 3 aromatic rings. The second-order valence-corrected chi connectivity index (χ2v) is 9.74. The standard InChI is InChI=1S/C21H20BrCl3N4O2S/c1-2-29-19(4-3-9-31-18-8-6-14(23)11-16(18)25)27-28-21(29)32-12-20(30)26-17-7-5-13(22)10-15(17)24/h5-8,10-11H,2-4,9,12H2,1H3,(H,26,30). The molecule has 3 rings (SSSR count). The van der Waals surface area contributed by atoms with E-state index in [2.05, 4.69) is 31.4 Å². The number of ether oxygens (including phenoxy) is 1. The molecule has 0 unspecified atom stereocenters. The van der Waals surface area contributed by atoms with Crippen molar-refractivity contribution >= 4 is 74.1 Å². The van der Waals surface area contributed by atoms with Gasteiger partial charge in [-0.15, -0.1) is 10.2 Å². The molecule has 0 aliphatic heterocycles. The zero-order valence-electron chi connectivity index (χ0n) is 17.1. The van der Waals surface area contributed by atoms with Crippen LogP contribution in [0.1, 0.15) is 19.2 Å². The van der Waals surface area contributed by atoms with Crippen molar-refractivity contribution in [1.82, 2.24) is 14.8 Å². The van der Waals surface area contributed by atoms with Gasteiger partial charge >= 0.3 is 0 Å². The minimum Gasteiger partial charge on any atom is -0.492 e. The number of hydrogen-bond acceptors (Lipinski definition) is 5. The summed E-state index contributed by atoms with van der Waals surface area (Å²) in [7, 11) is 0. The maximum absolute atomic E-state index is 12.3. The maximum atomic E-state index is 12.3. The van der Waals surface area contributed by atoms with Gasteiger partial charge in [0.15, 0.2) is 5.16 Å². The first-order valence-corrected chi connectivity index (χ1v) is 12.7. The van der Waals surface area contributed by atoms with Crippen molar-refractivity contribution in [1.29, 1.82) is 0 Å². The van der Waals surface area contributed by atoms with Gasteiger partial charge in [-0.3, -0.25) is 4.79 Å². The lowest BCUT2D eigenvalue weighted by atomic mass is 10.3. The predicted molar refractivity (Wildman–Crippen MR) is 134 cm³/mol. The molecule has 0 fully saturated rings. The normalized spacial score (nSPS) is 10.9. The Morgan fingerprint density at radius 1 is 1.16 bits per heavy atom. The Balaban J connectivity index is 1.50. The van der Waals surface area contributed by atoms with Crippen molar-refractivity contribution in [2.75, 3.05) is 17.7 Å². The third-order valence-corrected chi connectivity index (χ3v) is 6.65. The van der Waals surface area contributed by atoms with E-state index in [4.69, 9.17) is 39.5 Å². The zero-order chi connectivity index (χ0) is 23.1. The lowest BCUT2D eigenvalue weighted by molar-refractivity contribution is -0.113. The van der Waals surface area contributed by atoms with Crippen LogP contribution < -0.4 is 10.1 Å². The molecule has 1 amide bonds. The minimum atomic E-state index is -0.167. The van der Waals surface area contributed by atoms with E-state index in [1.807, 2.05) is 17.6 Å². The quantitative estimate of drug-likeness (QED) is 0.213. The Morgan fingerprint density at radius 2 is 1.97 bits per heavy atom. The number of anilines is 1. The van der Waals surface area contributed by atoms with Crippen LogP contribution in [0.4, 0.5) is 5.69 Å². The predicted octanol–water partition coefficient (Wildman–Crippen LogP) is 6.76. The van der Waals surface area contributed by atoms with Gasteiger partial charge in [-0.1, -0.05) is 62.5 Å². The summed E-state index contributed by atoms with van der Waals surface area (Å²) < 4.78 is 8.57. The number of benzene rings is 2. The Bertz CT molecular complexity index is 1100. The van der Waals surface area contributed by atoms with E-state index < -0.39 is 0 Å². The van der Waals surface area contributed by atoms with Crippen LogP contribution in [-0.2, 0) is 17.8 Å². The van der Waals surface area contributed by atoms with Gasteiger partial charge in [-0.05, 0) is 49.7 Å². The number of nitrogens with one attached hydrogen (secondary N) is 1. The van der Waals surface area contributed by atoms with Gasteiger partial charge in [0, 0.05) is 22.5 Å². The van der Waals surface area contributed by atoms with Gasteiger partial charge in [0.2, 0.25) is 5.91 Å². The number of amides is 1. The van der Waals surface area contributed by atoms with Crippen molar-refractivity contribution in [3.8, 4) is 5.75 Å². The Labute approximate surface area is 214 Å². The molecule has 0 aliphatic carbocycles. The van der Waals surface area contributed by atoms with Crippen molar-refractivity contribution in [3.63, 3.8) is 0 Å². The van der Waals surface area contributed by atoms with E-state index in [0.717, 1.165) is 16.7 Å². The molecule has 0 bridgehead atoms. The van der Waals surface area contributed by atoms with Crippen LogP contribution >= 0.6 is 62.5 Å². The van der Waals surface area contributed by atoms with E-state index in [-0.39, 0.29) is 11.7 Å². The fourth-order valence-corrected chi connectivity index (χ4v) is 4.85. The average molecular weight is 579 g/mol. The third kappa shape index (κ3) is 7.02. The second kappa shape index (κ2) is 12.1. The number of nitrogens with zero attached hydrogens (tertiary/aromatic N) is 3. The summed E-state index contributed by atoms with van der Waals surface area (Å²) in [5.74, 6) is 1.47. The molecule has 0 spiro atoms. The second-order valence-electron chi connectivity index (χ2n) is 6.63. The summed E-state index contributed by atoms with van der Waals surface area (Å²) in [6.07, 6.45) is 1.43. The summed E-state index contributed by atoms with van der Waals surface area (Å²) in [4.78, 5) is 12.3. The van der Waals surface area contributed by atoms with E-state index >= 15 is 0 Å². The molecule has 0 saturated carbocycles. The molecular formula is C21H20BrCl3N4O2S. The molecule has 0 atom stereocenters. The topological polar surface area (TPSA) is 69.0 Å². The molecule has 11 heteroatoms. The number of rotatable bonds is 10. The Morgan fingerprint density at radius 3 is 2.69 bits per heavy atom. The van der Waals surface area contributed by atoms with Crippen molar-refractivity contribution < 1.29 is 9.53 Å². The van der Waals surface area contributed by atoms with E-state index in [1.54, 1.807) is 30.3 Å². The summed E-state index contributed by atoms with van der Waals surface area (Å²) >= 11 is 22.9. The highest BCUT2D eigenvalue weighted by Crippen LogP contribution is 2.28. The number of thioether (sulfide) groups is 1. The van der Waals surface area contributed by atoms with Crippen LogP contribution in [0.3, 0.4) is 0 Å². The number of aryl methyl sites for hydroxylation is 1. The molecule has 1 N–H and O–H groups in total. The summed E-state index contributed by atoms with van der Waals surface area (Å²) in [6.45, 7) is 3.20. The highest BCUT2D eigenvalue weighted by Gasteiger charge is 2.14. The number of halogens is 4. The van der Waals surface area contributed by atoms with Crippen molar-refractivity contribution in [3.05, 3.63) is 61.8 Å². The maximum Gasteiger partial charge on any atom is 0.234 e. The molecule has 1 heterocycles. The van der Waals surface area contributed by atoms with E-state index in [1.165, 1.54) is 11.8 Å². The van der Waals surface area contributed by atoms with E-state index in [0.29, 0.717) is 51.2 Å². The average Bonchev–Trinajstić information content (AvgIpc) is 3.14. The van der Waals surface area contributed by atoms with Gasteiger partial charge in [0.25, 0.3) is 0 Å². The first kappa shape index (κ1) is 25.2. The summed E-state index contributed by atoms with van der Waals surface area (Å²) in [5.41, 5.74) is 0.568. The fourth-order valence-electron chi connectivity index (χ4n) is 2.84. The first-order valence-electron chi connectivity index (χ1n) is 9.75. The molecule has 0 aliphatic rings. The van der Waals surface area contributed by atoms with Crippen molar-refractivity contribution in [2.24, 2.45) is 0 Å². The monoisotopic (exact) mass is 576 g/mol. The molecule has 0 radical (unpaired) electrons. The van der Waals surface area contributed by atoms with Gasteiger partial charge in [0.1, 0.15) is 11.6 Å². The minimum absolute atomic E-state index is 0.167. The number of carbonyl (C=O) groups is 1. The van der Waals surface area contributed by atoms with Crippen LogP contribution in [0.15, 0.2) is 46.0 Å². The highest BCUT2D eigenvalue weighted by atomic mass is 79.9. The van der Waals surface area contributed by atoms with Crippen LogP contribution in [0, 0.1) is 0 Å². The van der Waals surface area contributed by atoms with Gasteiger partial charge < -0.3 is 14.6 Å². The Kier molecular flexibility index (Phi) is 9.55. The highest BCUT2D eigenvalue weighted by molar-refractivity contribution is 9.10. The van der Waals surface area contributed by atoms with Crippen LogP contribution in [-0.4, -0.2) is 33.0 Å². The number of carbonyl (C=O) groups excluding carboxylic acids is 1. The fraction of sp³-hybridized carbons (Fsp3) is 0.286. The van der Waals surface area contributed by atoms with Crippen LogP contribution in [0.25, 0.3) is 0 Å². The number of aromatic nitrogens is 3. The molecule has 170 valence electrons. The molecule has 32 heavy (non-hydrogen) atoms. The smallest absolute Gasteiger partial charge is 0.234 e. The summed E-state index contributed by atoms with van der Waals surface area (Å²) in [6, 6.07) is 10.4. The summed E-state index contributed by atoms with van der Waals surface area (Å²) in [5, 5.41) is 13.6. The largest absolute Gasteiger partial charge is 0.492 e. The number of hydrogen-bond donors (Lipinski definition) is 1. The lowest BCUT2D eigenvalue weighted by Crippen LogP contribution is -2.15. The zero-order valence-corrected chi connectivity index (χ0v) is 21.7. The van der Waals surface area contributed by atoms with Crippen LogP contribution in [0.2, 0.25) is 15.1 Å². The Hall–Kier alpha value is -1.45. The molecular weight excluding hydrogens is 559 g/mol. The molecule has 1 aromatic heterocycles. The lowest BCUT2D eigenvalue weighted by Gasteiger charge is -2.10. The van der Waals surface area contributed by atoms with E-state index in [9.17, 15) is 4.79 Å². The molecule has 2 aromatic carbocycles. The first-order chi connectivity index (χ1) is 15.4.